The fourth-order valence-corrected chi connectivity index (χ4v) is 5.86. The van der Waals surface area contributed by atoms with E-state index >= 15 is 4.39 Å². The summed E-state index contributed by atoms with van der Waals surface area (Å²) in [6, 6.07) is 12.6. The van der Waals surface area contributed by atoms with Gasteiger partial charge in [0.15, 0.2) is 0 Å². The van der Waals surface area contributed by atoms with Gasteiger partial charge in [-0.15, -0.1) is 0 Å². The number of hydrogen-bond acceptors (Lipinski definition) is 4. The van der Waals surface area contributed by atoms with Gasteiger partial charge in [-0.05, 0) is 59.0 Å². The van der Waals surface area contributed by atoms with Gasteiger partial charge >= 0.3 is 6.03 Å². The van der Waals surface area contributed by atoms with Crippen LogP contribution in [0.2, 0.25) is 0 Å². The lowest BCUT2D eigenvalue weighted by atomic mass is 9.97. The zero-order valence-corrected chi connectivity index (χ0v) is 21.8. The molecule has 41 heavy (non-hydrogen) atoms. The SMILES string of the molecule is O=C1CCC(N2Cc3cc(CN4CCN(C(c5ccc(F)cc5)c5ccc(F)cc5)C4=O)cc(F)c3C2=O)C(=O)N1. The Balaban J connectivity index is 1.22. The number of carbonyl (C=O) groups excluding carboxylic acids is 4. The molecule has 1 N–H and O–H groups in total. The average molecular weight is 563 g/mol. The topological polar surface area (TPSA) is 90.0 Å². The van der Waals surface area contributed by atoms with Crippen molar-refractivity contribution in [2.45, 2.75) is 38.0 Å². The Hall–Kier alpha value is -4.67. The van der Waals surface area contributed by atoms with Crippen LogP contribution in [0.15, 0.2) is 60.7 Å². The summed E-state index contributed by atoms with van der Waals surface area (Å²) in [6.07, 6.45) is 0.259. The van der Waals surface area contributed by atoms with Gasteiger partial charge in [0.25, 0.3) is 5.91 Å². The van der Waals surface area contributed by atoms with Gasteiger partial charge < -0.3 is 14.7 Å². The quantitative estimate of drug-likeness (QED) is 0.462. The lowest BCUT2D eigenvalue weighted by molar-refractivity contribution is -0.136. The van der Waals surface area contributed by atoms with Gasteiger partial charge in [0, 0.05) is 32.6 Å². The first-order valence-corrected chi connectivity index (χ1v) is 13.2. The molecule has 0 saturated carbocycles. The molecule has 1 atom stereocenters. The molecule has 3 aliphatic rings. The number of benzene rings is 3. The number of nitrogens with one attached hydrogen (secondary N) is 1. The number of carbonyl (C=O) groups is 4. The highest BCUT2D eigenvalue weighted by atomic mass is 19.1. The van der Waals surface area contributed by atoms with Crippen LogP contribution in [-0.2, 0) is 22.7 Å². The minimum absolute atomic E-state index is 0.0164. The van der Waals surface area contributed by atoms with Gasteiger partial charge in [0.1, 0.15) is 23.5 Å². The van der Waals surface area contributed by atoms with E-state index in [9.17, 15) is 28.0 Å². The molecule has 3 aliphatic heterocycles. The maximum Gasteiger partial charge on any atom is 0.321 e. The van der Waals surface area contributed by atoms with Crippen molar-refractivity contribution in [1.82, 2.24) is 20.0 Å². The van der Waals surface area contributed by atoms with E-state index in [0.717, 1.165) is 0 Å². The van der Waals surface area contributed by atoms with Gasteiger partial charge in [-0.3, -0.25) is 19.7 Å². The van der Waals surface area contributed by atoms with E-state index in [4.69, 9.17) is 0 Å². The molecule has 2 fully saturated rings. The van der Waals surface area contributed by atoms with Crippen molar-refractivity contribution in [1.29, 1.82) is 0 Å². The Labute approximate surface area is 233 Å². The lowest BCUT2D eigenvalue weighted by Gasteiger charge is -2.29. The fraction of sp³-hybridized carbons (Fsp3) is 0.267. The minimum Gasteiger partial charge on any atom is -0.322 e. The molecule has 0 aliphatic carbocycles. The van der Waals surface area contributed by atoms with Crippen molar-refractivity contribution in [2.24, 2.45) is 0 Å². The Morgan fingerprint density at radius 2 is 1.49 bits per heavy atom. The number of rotatable bonds is 6. The first kappa shape index (κ1) is 26.5. The molecular formula is C30H25F3N4O4. The number of piperidine rings is 1. The first-order valence-electron chi connectivity index (χ1n) is 13.2. The molecule has 5 amide bonds. The Kier molecular flexibility index (Phi) is 6.72. The van der Waals surface area contributed by atoms with Crippen molar-refractivity contribution in [3.63, 3.8) is 0 Å². The number of halogens is 3. The summed E-state index contributed by atoms with van der Waals surface area (Å²) in [7, 11) is 0. The van der Waals surface area contributed by atoms with Crippen molar-refractivity contribution >= 4 is 23.8 Å². The summed E-state index contributed by atoms with van der Waals surface area (Å²) in [5, 5.41) is 2.22. The second kappa shape index (κ2) is 10.4. The monoisotopic (exact) mass is 562 g/mol. The summed E-state index contributed by atoms with van der Waals surface area (Å²) in [5.41, 5.74) is 2.09. The normalized spacial score (nSPS) is 18.9. The number of fused-ring (bicyclic) bond motifs is 1. The highest BCUT2D eigenvalue weighted by molar-refractivity contribution is 6.05. The predicted octanol–water partition coefficient (Wildman–Crippen LogP) is 3.89. The van der Waals surface area contributed by atoms with E-state index in [-0.39, 0.29) is 37.5 Å². The number of hydrogen-bond donors (Lipinski definition) is 1. The van der Waals surface area contributed by atoms with Gasteiger partial charge in [-0.25, -0.2) is 18.0 Å². The highest BCUT2D eigenvalue weighted by Crippen LogP contribution is 2.34. The van der Waals surface area contributed by atoms with E-state index in [0.29, 0.717) is 35.3 Å². The third-order valence-electron chi connectivity index (χ3n) is 7.82. The largest absolute Gasteiger partial charge is 0.322 e. The van der Waals surface area contributed by atoms with Crippen LogP contribution in [-0.4, -0.2) is 57.6 Å². The fourth-order valence-electron chi connectivity index (χ4n) is 5.86. The highest BCUT2D eigenvalue weighted by Gasteiger charge is 2.41. The van der Waals surface area contributed by atoms with Crippen LogP contribution >= 0.6 is 0 Å². The van der Waals surface area contributed by atoms with Gasteiger partial charge in [-0.1, -0.05) is 30.3 Å². The molecule has 8 nitrogen and oxygen atoms in total. The maximum absolute atomic E-state index is 15.2. The van der Waals surface area contributed by atoms with Crippen molar-refractivity contribution in [3.05, 3.63) is 106 Å². The zero-order valence-electron chi connectivity index (χ0n) is 21.8. The maximum atomic E-state index is 15.2. The molecule has 0 bridgehead atoms. The predicted molar refractivity (Wildman–Crippen MR) is 140 cm³/mol. The summed E-state index contributed by atoms with van der Waals surface area (Å²) < 4.78 is 42.5. The zero-order chi connectivity index (χ0) is 28.8. The molecule has 0 radical (unpaired) electrons. The second-order valence-electron chi connectivity index (χ2n) is 10.4. The summed E-state index contributed by atoms with van der Waals surface area (Å²) in [6.45, 7) is 0.749. The molecule has 3 heterocycles. The van der Waals surface area contributed by atoms with Crippen LogP contribution < -0.4 is 5.32 Å². The Bertz CT molecular complexity index is 1520. The van der Waals surface area contributed by atoms with Crippen LogP contribution in [0, 0.1) is 17.5 Å². The van der Waals surface area contributed by atoms with Crippen molar-refractivity contribution in [2.75, 3.05) is 13.1 Å². The van der Waals surface area contributed by atoms with E-state index in [2.05, 4.69) is 5.32 Å². The number of amides is 5. The molecular weight excluding hydrogens is 537 g/mol. The van der Waals surface area contributed by atoms with Crippen LogP contribution in [0.4, 0.5) is 18.0 Å². The van der Waals surface area contributed by atoms with Crippen LogP contribution in [0.1, 0.15) is 51.5 Å². The molecule has 11 heteroatoms. The smallest absolute Gasteiger partial charge is 0.321 e. The van der Waals surface area contributed by atoms with Crippen LogP contribution in [0.5, 0.6) is 0 Å². The minimum atomic E-state index is -0.862. The Morgan fingerprint density at radius 3 is 2.10 bits per heavy atom. The van der Waals surface area contributed by atoms with Crippen molar-refractivity contribution in [3.8, 4) is 0 Å². The van der Waals surface area contributed by atoms with E-state index in [1.807, 2.05) is 0 Å². The lowest BCUT2D eigenvalue weighted by Crippen LogP contribution is -2.52. The number of urea groups is 1. The van der Waals surface area contributed by atoms with Gasteiger partial charge in [0.2, 0.25) is 11.8 Å². The van der Waals surface area contributed by atoms with Gasteiger partial charge in [-0.2, -0.15) is 0 Å². The molecule has 3 aromatic rings. The third-order valence-corrected chi connectivity index (χ3v) is 7.82. The summed E-state index contributed by atoms with van der Waals surface area (Å²) in [4.78, 5) is 54.9. The number of imide groups is 1. The molecule has 0 aromatic heterocycles. The molecule has 210 valence electrons. The summed E-state index contributed by atoms with van der Waals surface area (Å²) in [5.74, 6) is -3.18. The van der Waals surface area contributed by atoms with Crippen LogP contribution in [0.3, 0.4) is 0 Å². The second-order valence-corrected chi connectivity index (χ2v) is 10.4. The van der Waals surface area contributed by atoms with Crippen molar-refractivity contribution < 1.29 is 32.3 Å². The molecule has 0 spiro atoms. The van der Waals surface area contributed by atoms with Crippen LogP contribution in [0.25, 0.3) is 0 Å². The standard InChI is InChI=1S/C30H25F3N4O4/c31-21-5-1-18(2-6-21)27(19-3-7-22(32)8-4-19)36-12-11-35(30(36)41)15-17-13-20-16-37(29(40)26(20)23(33)14-17)24-9-10-25(38)34-28(24)39/h1-8,13-14,24,27H,9-12,15-16H2,(H,34,38,39). The van der Waals surface area contributed by atoms with E-state index < -0.39 is 47.3 Å². The van der Waals surface area contributed by atoms with Gasteiger partial charge in [0.05, 0.1) is 11.6 Å². The van der Waals surface area contributed by atoms with E-state index in [1.165, 1.54) is 35.2 Å². The van der Waals surface area contributed by atoms with E-state index in [1.54, 1.807) is 40.1 Å². The first-order chi connectivity index (χ1) is 19.7. The molecule has 3 aromatic carbocycles. The number of nitrogens with zero attached hydrogens (tertiary/aromatic N) is 3. The average Bonchev–Trinajstić information content (AvgIpc) is 3.46. The molecule has 1 unspecified atom stereocenters. The molecule has 2 saturated heterocycles. The third kappa shape index (κ3) is 4.92. The molecule has 6 rings (SSSR count). The Morgan fingerprint density at radius 1 is 0.854 bits per heavy atom. The summed E-state index contributed by atoms with van der Waals surface area (Å²) >= 11 is 0.